The number of aromatic nitrogens is 1. The maximum absolute atomic E-state index is 12.5. The molecule has 0 unspecified atom stereocenters. The van der Waals surface area contributed by atoms with Crippen LogP contribution in [0.3, 0.4) is 0 Å². The van der Waals surface area contributed by atoms with E-state index in [1.54, 1.807) is 5.40 Å². The molecule has 0 aliphatic carbocycles. The Labute approximate surface area is 113 Å². The lowest BCUT2D eigenvalue weighted by molar-refractivity contribution is -0.141. The van der Waals surface area contributed by atoms with Crippen LogP contribution < -0.4 is 0 Å². The topological polar surface area (TPSA) is 36.7 Å². The summed E-state index contributed by atoms with van der Waals surface area (Å²) < 4.78 is 37.5. The van der Waals surface area contributed by atoms with E-state index in [2.05, 4.69) is 4.98 Å². The van der Waals surface area contributed by atoms with E-state index < -0.39 is 16.9 Å². The molecule has 0 amide bonds. The fraction of sp³-hybridized carbons (Fsp3) is 0.250. The zero-order valence-electron chi connectivity index (χ0n) is 7.89. The Morgan fingerprint density at radius 1 is 1.41 bits per heavy atom. The minimum atomic E-state index is -4.63. The van der Waals surface area contributed by atoms with E-state index in [1.807, 2.05) is 0 Å². The van der Waals surface area contributed by atoms with Gasteiger partial charge in [-0.3, -0.25) is 0 Å². The Hall–Kier alpha value is -0.290. The molecule has 1 heterocycles. The van der Waals surface area contributed by atoms with E-state index in [1.165, 1.54) is 0 Å². The van der Waals surface area contributed by atoms with Gasteiger partial charge in [0.15, 0.2) is 5.69 Å². The fourth-order valence-corrected chi connectivity index (χ4v) is 3.00. The summed E-state index contributed by atoms with van der Waals surface area (Å²) in [5, 5.41) is 9.84. The van der Waals surface area contributed by atoms with Crippen LogP contribution in [0.1, 0.15) is 5.69 Å². The van der Waals surface area contributed by atoms with Crippen molar-refractivity contribution in [3.63, 3.8) is 0 Å². The molecule has 0 aliphatic heterocycles. The van der Waals surface area contributed by atoms with Crippen molar-refractivity contribution in [2.45, 2.75) is 11.1 Å². The van der Waals surface area contributed by atoms with E-state index in [9.17, 15) is 13.2 Å². The lowest BCUT2D eigenvalue weighted by Crippen LogP contribution is -2.09. The van der Waals surface area contributed by atoms with Crippen molar-refractivity contribution >= 4 is 46.7 Å². The molecule has 0 aromatic carbocycles. The van der Waals surface area contributed by atoms with Gasteiger partial charge in [0.1, 0.15) is 5.40 Å². The highest BCUT2D eigenvalue weighted by atomic mass is 35.5. The predicted molar refractivity (Wildman–Crippen MR) is 63.2 cm³/mol. The first-order valence-electron chi connectivity index (χ1n) is 3.92. The van der Waals surface area contributed by atoms with E-state index >= 15 is 0 Å². The van der Waals surface area contributed by atoms with Gasteiger partial charge in [-0.1, -0.05) is 23.2 Å². The summed E-state index contributed by atoms with van der Waals surface area (Å²) in [5.74, 6) is 0. The van der Waals surface area contributed by atoms with Crippen molar-refractivity contribution in [2.75, 3.05) is 5.08 Å². The molecule has 17 heavy (non-hydrogen) atoms. The fourth-order valence-electron chi connectivity index (χ4n) is 0.894. The van der Waals surface area contributed by atoms with Crippen molar-refractivity contribution < 1.29 is 13.2 Å². The molecular weight excluding hydrogens is 316 g/mol. The van der Waals surface area contributed by atoms with Crippen LogP contribution >= 0.6 is 46.7 Å². The van der Waals surface area contributed by atoms with Gasteiger partial charge >= 0.3 is 6.18 Å². The third-order valence-corrected chi connectivity index (χ3v) is 4.19. The number of rotatable bonds is 3. The Morgan fingerprint density at radius 2 is 2.06 bits per heavy atom. The molecule has 2 nitrogen and oxygen atoms in total. The molecule has 92 valence electrons. The highest BCUT2D eigenvalue weighted by Gasteiger charge is 2.36. The number of thioether (sulfide) groups is 2. The standard InChI is InChI=1S/C8H3Cl2F3N2S2/c9-4-1-15-7(8(11,12)13)5(10)6(4)17-3-16-2-14/h1H,3H2. The lowest BCUT2D eigenvalue weighted by atomic mass is 10.3. The SMILES string of the molecule is N#CSCSc1c(Cl)cnc(C(F)(F)F)c1Cl. The van der Waals surface area contributed by atoms with E-state index in [0.717, 1.165) is 29.7 Å². The van der Waals surface area contributed by atoms with Crippen molar-refractivity contribution in [1.29, 1.82) is 5.26 Å². The second-order valence-corrected chi connectivity index (χ2v) is 5.49. The van der Waals surface area contributed by atoms with Crippen molar-refractivity contribution in [2.24, 2.45) is 0 Å². The molecule has 0 atom stereocenters. The minimum Gasteiger partial charge on any atom is -0.249 e. The first-order valence-corrected chi connectivity index (χ1v) is 6.65. The molecule has 0 bridgehead atoms. The van der Waals surface area contributed by atoms with Crippen LogP contribution in [-0.2, 0) is 6.18 Å². The van der Waals surface area contributed by atoms with Crippen molar-refractivity contribution in [3.05, 3.63) is 21.9 Å². The Morgan fingerprint density at radius 3 is 2.59 bits per heavy atom. The third kappa shape index (κ3) is 3.85. The highest BCUT2D eigenvalue weighted by Crippen LogP contribution is 2.41. The smallest absolute Gasteiger partial charge is 0.249 e. The molecule has 0 N–H and O–H groups in total. The summed E-state index contributed by atoms with van der Waals surface area (Å²) in [6, 6.07) is 0. The molecule has 0 aliphatic rings. The molecule has 0 saturated carbocycles. The summed E-state index contributed by atoms with van der Waals surface area (Å²) in [6.45, 7) is 0. The number of nitrogens with zero attached hydrogens (tertiary/aromatic N) is 2. The van der Waals surface area contributed by atoms with Crippen LogP contribution in [0, 0.1) is 10.7 Å². The molecule has 0 radical (unpaired) electrons. The normalized spacial score (nSPS) is 11.3. The summed E-state index contributed by atoms with van der Waals surface area (Å²) in [5.41, 5.74) is -1.17. The van der Waals surface area contributed by atoms with Crippen LogP contribution in [0.15, 0.2) is 11.1 Å². The largest absolute Gasteiger partial charge is 0.434 e. The van der Waals surface area contributed by atoms with Crippen molar-refractivity contribution in [1.82, 2.24) is 4.98 Å². The van der Waals surface area contributed by atoms with E-state index in [0.29, 0.717) is 0 Å². The quantitative estimate of drug-likeness (QED) is 0.351. The molecular formula is C8H3Cl2F3N2S2. The Kier molecular flexibility index (Phi) is 5.25. The third-order valence-electron chi connectivity index (χ3n) is 1.53. The summed E-state index contributed by atoms with van der Waals surface area (Å²) >= 11 is 13.1. The van der Waals surface area contributed by atoms with Gasteiger partial charge in [-0.05, 0) is 11.8 Å². The molecule has 1 aromatic heterocycles. The predicted octanol–water partition coefficient (Wildman–Crippen LogP) is 4.67. The van der Waals surface area contributed by atoms with Crippen molar-refractivity contribution in [3.8, 4) is 5.40 Å². The number of nitriles is 1. The highest BCUT2D eigenvalue weighted by molar-refractivity contribution is 8.18. The lowest BCUT2D eigenvalue weighted by Gasteiger charge is -2.11. The molecule has 1 rings (SSSR count). The van der Waals surface area contributed by atoms with Gasteiger partial charge in [0, 0.05) is 11.1 Å². The van der Waals surface area contributed by atoms with Gasteiger partial charge in [0.05, 0.1) is 15.1 Å². The van der Waals surface area contributed by atoms with Gasteiger partial charge in [-0.15, -0.1) is 11.8 Å². The van der Waals surface area contributed by atoms with Crippen LogP contribution in [0.25, 0.3) is 0 Å². The molecule has 0 saturated heterocycles. The number of alkyl halides is 3. The number of pyridine rings is 1. The number of hydrogen-bond donors (Lipinski definition) is 0. The van der Waals surface area contributed by atoms with Gasteiger partial charge in [0.2, 0.25) is 0 Å². The summed E-state index contributed by atoms with van der Waals surface area (Å²) in [7, 11) is 0. The average molecular weight is 319 g/mol. The number of thiocyanates is 1. The maximum Gasteiger partial charge on any atom is 0.434 e. The molecule has 0 spiro atoms. The first-order chi connectivity index (χ1) is 7.88. The summed E-state index contributed by atoms with van der Waals surface area (Å²) in [4.78, 5) is 3.25. The minimum absolute atomic E-state index is 0.0338. The van der Waals surface area contributed by atoms with E-state index in [-0.39, 0.29) is 15.0 Å². The zero-order chi connectivity index (χ0) is 13.1. The summed E-state index contributed by atoms with van der Waals surface area (Å²) in [6.07, 6.45) is -3.73. The first kappa shape index (κ1) is 14.8. The van der Waals surface area contributed by atoms with Crippen LogP contribution in [-0.4, -0.2) is 10.1 Å². The van der Waals surface area contributed by atoms with Crippen LogP contribution in [0.4, 0.5) is 13.2 Å². The van der Waals surface area contributed by atoms with Gasteiger partial charge in [-0.25, -0.2) is 4.98 Å². The van der Waals surface area contributed by atoms with Crippen LogP contribution in [0.5, 0.6) is 0 Å². The molecule has 1 aromatic rings. The maximum atomic E-state index is 12.5. The average Bonchev–Trinajstić information content (AvgIpc) is 2.21. The van der Waals surface area contributed by atoms with E-state index in [4.69, 9.17) is 28.5 Å². The number of hydrogen-bond acceptors (Lipinski definition) is 4. The second-order valence-electron chi connectivity index (χ2n) is 2.59. The monoisotopic (exact) mass is 318 g/mol. The number of halogens is 5. The Bertz CT molecular complexity index is 459. The molecule has 0 fully saturated rings. The van der Waals surface area contributed by atoms with Gasteiger partial charge in [0.25, 0.3) is 0 Å². The van der Waals surface area contributed by atoms with Crippen LogP contribution in [0.2, 0.25) is 10.0 Å². The van der Waals surface area contributed by atoms with Gasteiger partial charge < -0.3 is 0 Å². The Balaban J connectivity index is 3.08. The molecule has 9 heteroatoms. The van der Waals surface area contributed by atoms with Gasteiger partial charge in [-0.2, -0.15) is 18.4 Å². The zero-order valence-corrected chi connectivity index (χ0v) is 11.0. The second kappa shape index (κ2) is 6.05.